The zero-order valence-corrected chi connectivity index (χ0v) is 32.9. The zero-order chi connectivity index (χ0) is 39.1. The molecular formula is C52H40BN3O2. The number of hydrogen-bond acceptors (Lipinski definition) is 5. The number of benzene rings is 8. The van der Waals surface area contributed by atoms with E-state index in [1.54, 1.807) is 0 Å². The standard InChI is InChI=1S/C52H40BN3O2/c1-33-29-31-39(54-43-21-9-13-25-47(43)57-48-26-14-10-22-44(48)54)35(3)51(33)53-37-17-5-7-19-41(37)56(42-20-8-6-18-38(42)53)52-34(2)30-32-40(36(52)4)55-45-23-11-15-27-49(45)58-50-28-16-12-24-46(50)55/h5-32H,1-4H3. The summed E-state index contributed by atoms with van der Waals surface area (Å²) in [5, 5.41) is 0. The monoisotopic (exact) mass is 749 g/mol. The molecule has 3 aliphatic rings. The average molecular weight is 750 g/mol. The van der Waals surface area contributed by atoms with Crippen LogP contribution in [0.4, 0.5) is 51.2 Å². The predicted molar refractivity (Wildman–Crippen MR) is 241 cm³/mol. The van der Waals surface area contributed by atoms with Crippen LogP contribution in [-0.2, 0) is 0 Å². The quantitative estimate of drug-likeness (QED) is 0.167. The molecule has 8 aromatic carbocycles. The zero-order valence-electron chi connectivity index (χ0n) is 32.9. The third-order valence-corrected chi connectivity index (χ3v) is 12.1. The van der Waals surface area contributed by atoms with Crippen molar-refractivity contribution in [3.05, 3.63) is 192 Å². The number of nitrogens with zero attached hydrogens (tertiary/aromatic N) is 3. The minimum absolute atomic E-state index is 0.00285. The van der Waals surface area contributed by atoms with Gasteiger partial charge in [0.15, 0.2) is 23.0 Å². The van der Waals surface area contributed by atoms with Gasteiger partial charge >= 0.3 is 0 Å². The van der Waals surface area contributed by atoms with Gasteiger partial charge in [-0.1, -0.05) is 108 Å². The van der Waals surface area contributed by atoms with Crippen LogP contribution < -0.4 is 40.6 Å². The highest BCUT2D eigenvalue weighted by Gasteiger charge is 2.39. The van der Waals surface area contributed by atoms with Gasteiger partial charge in [0, 0.05) is 17.1 Å². The molecule has 5 nitrogen and oxygen atoms in total. The van der Waals surface area contributed by atoms with E-state index in [2.05, 4.69) is 188 Å². The summed E-state index contributed by atoms with van der Waals surface area (Å²) in [6.45, 7) is 9.06. The number of ether oxygens (including phenoxy) is 2. The van der Waals surface area contributed by atoms with Crippen LogP contribution in [0.15, 0.2) is 170 Å². The summed E-state index contributed by atoms with van der Waals surface area (Å²) < 4.78 is 12.9. The van der Waals surface area contributed by atoms with Crippen LogP contribution in [0.5, 0.6) is 23.0 Å². The molecule has 0 atom stereocenters. The van der Waals surface area contributed by atoms with Crippen LogP contribution in [0, 0.1) is 27.7 Å². The highest BCUT2D eigenvalue weighted by molar-refractivity contribution is 6.98. The highest BCUT2D eigenvalue weighted by Crippen LogP contribution is 2.54. The van der Waals surface area contributed by atoms with Crippen molar-refractivity contribution in [1.82, 2.24) is 0 Å². The lowest BCUT2D eigenvalue weighted by molar-refractivity contribution is 0.476. The van der Waals surface area contributed by atoms with Crippen LogP contribution in [0.2, 0.25) is 0 Å². The number of para-hydroxylation sites is 10. The molecule has 0 saturated heterocycles. The molecule has 0 amide bonds. The molecule has 0 unspecified atom stereocenters. The van der Waals surface area contributed by atoms with E-state index in [1.165, 1.54) is 55.7 Å². The molecule has 0 N–H and O–H groups in total. The van der Waals surface area contributed by atoms with Crippen molar-refractivity contribution in [3.63, 3.8) is 0 Å². The normalized spacial score (nSPS) is 13.3. The van der Waals surface area contributed by atoms with Gasteiger partial charge in [-0.2, -0.15) is 0 Å². The van der Waals surface area contributed by atoms with Crippen LogP contribution in [0.1, 0.15) is 22.3 Å². The second-order valence-corrected chi connectivity index (χ2v) is 15.4. The Morgan fingerprint density at radius 3 is 1.14 bits per heavy atom. The Balaban J connectivity index is 1.10. The first-order valence-corrected chi connectivity index (χ1v) is 20.0. The highest BCUT2D eigenvalue weighted by atomic mass is 16.5. The van der Waals surface area contributed by atoms with Crippen LogP contribution in [-0.4, -0.2) is 6.71 Å². The third kappa shape index (κ3) is 5.04. The first kappa shape index (κ1) is 34.1. The maximum absolute atomic E-state index is 6.43. The number of fused-ring (bicyclic) bond motifs is 6. The first-order valence-electron chi connectivity index (χ1n) is 20.0. The summed E-state index contributed by atoms with van der Waals surface area (Å²) in [5.74, 6) is 3.39. The van der Waals surface area contributed by atoms with Crippen LogP contribution in [0.3, 0.4) is 0 Å². The van der Waals surface area contributed by atoms with Crippen molar-refractivity contribution in [2.45, 2.75) is 27.7 Å². The third-order valence-electron chi connectivity index (χ3n) is 12.1. The molecule has 6 heteroatoms. The first-order chi connectivity index (χ1) is 28.5. The number of hydrogen-bond donors (Lipinski definition) is 0. The van der Waals surface area contributed by atoms with Crippen molar-refractivity contribution in [2.24, 2.45) is 0 Å². The minimum atomic E-state index is -0.00285. The van der Waals surface area contributed by atoms with Crippen molar-refractivity contribution in [2.75, 3.05) is 14.7 Å². The molecule has 278 valence electrons. The van der Waals surface area contributed by atoms with Gasteiger partial charge in [0.1, 0.15) is 0 Å². The number of rotatable bonds is 4. The molecule has 11 rings (SSSR count). The van der Waals surface area contributed by atoms with Gasteiger partial charge in [0.2, 0.25) is 6.71 Å². The van der Waals surface area contributed by atoms with Crippen molar-refractivity contribution in [3.8, 4) is 23.0 Å². The van der Waals surface area contributed by atoms with Gasteiger partial charge in [-0.15, -0.1) is 0 Å². The molecule has 3 aliphatic heterocycles. The average Bonchev–Trinajstić information content (AvgIpc) is 3.26. The van der Waals surface area contributed by atoms with E-state index in [-0.39, 0.29) is 6.71 Å². The van der Waals surface area contributed by atoms with Gasteiger partial charge in [-0.05, 0) is 128 Å². The fourth-order valence-electron chi connectivity index (χ4n) is 9.60. The second-order valence-electron chi connectivity index (χ2n) is 15.4. The summed E-state index contributed by atoms with van der Waals surface area (Å²) in [5.41, 5.74) is 18.7. The molecule has 0 radical (unpaired) electrons. The second kappa shape index (κ2) is 13.2. The molecule has 0 aromatic heterocycles. The molecule has 58 heavy (non-hydrogen) atoms. The van der Waals surface area contributed by atoms with E-state index in [1.807, 2.05) is 24.3 Å². The van der Waals surface area contributed by atoms with Gasteiger partial charge in [-0.25, -0.2) is 0 Å². The molecule has 3 heterocycles. The van der Waals surface area contributed by atoms with E-state index < -0.39 is 0 Å². The molecule has 8 aromatic rings. The Hall–Kier alpha value is -7.18. The number of anilines is 9. The molecule has 0 spiro atoms. The molecule has 0 bridgehead atoms. The lowest BCUT2D eigenvalue weighted by Crippen LogP contribution is -2.58. The van der Waals surface area contributed by atoms with E-state index in [0.717, 1.165) is 57.1 Å². The molecule has 0 saturated carbocycles. The Bertz CT molecular complexity index is 2620. The van der Waals surface area contributed by atoms with Gasteiger partial charge in [0.25, 0.3) is 0 Å². The number of aryl methyl sites for hydroxylation is 2. The largest absolute Gasteiger partial charge is 0.453 e. The smallest absolute Gasteiger partial charge is 0.247 e. The van der Waals surface area contributed by atoms with E-state index in [4.69, 9.17) is 9.47 Å². The SMILES string of the molecule is Cc1ccc(N2c3ccccc3Oc3ccccc32)c(C)c1B1c2ccccc2N(c2c(C)ccc(N3c4ccccc4Oc4ccccc43)c2C)c2ccccc21. The maximum Gasteiger partial charge on any atom is 0.247 e. The maximum atomic E-state index is 6.43. The van der Waals surface area contributed by atoms with Crippen molar-refractivity contribution < 1.29 is 9.47 Å². The lowest BCUT2D eigenvalue weighted by atomic mass is 9.34. The minimum Gasteiger partial charge on any atom is -0.453 e. The Morgan fingerprint density at radius 1 is 0.328 bits per heavy atom. The van der Waals surface area contributed by atoms with Gasteiger partial charge < -0.3 is 24.2 Å². The Kier molecular flexibility index (Phi) is 7.77. The fraction of sp³-hybridized carbons (Fsp3) is 0.0769. The van der Waals surface area contributed by atoms with Crippen LogP contribution >= 0.6 is 0 Å². The summed E-state index contributed by atoms with van der Waals surface area (Å²) in [4.78, 5) is 7.24. The van der Waals surface area contributed by atoms with Crippen molar-refractivity contribution in [1.29, 1.82) is 0 Å². The summed E-state index contributed by atoms with van der Waals surface area (Å²) in [6, 6.07) is 60.4. The fourth-order valence-corrected chi connectivity index (χ4v) is 9.60. The van der Waals surface area contributed by atoms with Gasteiger partial charge in [0.05, 0.1) is 34.1 Å². The Morgan fingerprint density at radius 2 is 0.690 bits per heavy atom. The summed E-state index contributed by atoms with van der Waals surface area (Å²) in [6.07, 6.45) is 0. The van der Waals surface area contributed by atoms with E-state index in [0.29, 0.717) is 0 Å². The predicted octanol–water partition coefficient (Wildman–Crippen LogP) is 12.4. The lowest BCUT2D eigenvalue weighted by Gasteiger charge is -2.41. The van der Waals surface area contributed by atoms with E-state index in [9.17, 15) is 0 Å². The van der Waals surface area contributed by atoms with Crippen LogP contribution in [0.25, 0.3) is 0 Å². The van der Waals surface area contributed by atoms with Gasteiger partial charge in [-0.3, -0.25) is 0 Å². The van der Waals surface area contributed by atoms with E-state index >= 15 is 0 Å². The molecular weight excluding hydrogens is 709 g/mol. The summed E-state index contributed by atoms with van der Waals surface area (Å²) >= 11 is 0. The molecule has 0 aliphatic carbocycles. The topological polar surface area (TPSA) is 28.2 Å². The molecule has 0 fully saturated rings. The van der Waals surface area contributed by atoms with Crippen molar-refractivity contribution >= 4 is 74.3 Å². The summed E-state index contributed by atoms with van der Waals surface area (Å²) in [7, 11) is 0. The Labute approximate surface area is 340 Å².